The van der Waals surface area contributed by atoms with Gasteiger partial charge in [-0.2, -0.15) is 0 Å². The van der Waals surface area contributed by atoms with E-state index in [0.717, 1.165) is 0 Å². The topological polar surface area (TPSA) is 61.8 Å². The second-order valence-corrected chi connectivity index (χ2v) is 5.65. The number of esters is 2. The summed E-state index contributed by atoms with van der Waals surface area (Å²) in [6.45, 7) is 5.12. The van der Waals surface area contributed by atoms with Crippen LogP contribution < -0.4 is 4.74 Å². The molecule has 0 aliphatic carbocycles. The van der Waals surface area contributed by atoms with E-state index in [0.29, 0.717) is 17.1 Å². The van der Waals surface area contributed by atoms with Gasteiger partial charge in [0.25, 0.3) is 0 Å². The summed E-state index contributed by atoms with van der Waals surface area (Å²) in [7, 11) is 0. The summed E-state index contributed by atoms with van der Waals surface area (Å²) in [5.41, 5.74) is -1.14. The van der Waals surface area contributed by atoms with Crippen LogP contribution in [-0.4, -0.2) is 25.2 Å². The van der Waals surface area contributed by atoms with Crippen LogP contribution >= 0.6 is 0 Å². The second-order valence-electron chi connectivity index (χ2n) is 5.65. The van der Waals surface area contributed by atoms with Gasteiger partial charge >= 0.3 is 11.9 Å². The molecule has 0 aromatic heterocycles. The number of carbonyl (C=O) groups is 2. The lowest BCUT2D eigenvalue weighted by atomic mass is 9.82. The molecule has 0 bridgehead atoms. The van der Waals surface area contributed by atoms with Crippen LogP contribution in [0.5, 0.6) is 11.5 Å². The van der Waals surface area contributed by atoms with Gasteiger partial charge in [0.1, 0.15) is 17.3 Å². The molecular weight excluding hydrogens is 339 g/mol. The van der Waals surface area contributed by atoms with E-state index in [1.165, 1.54) is 31.2 Å². The van der Waals surface area contributed by atoms with Gasteiger partial charge < -0.3 is 14.2 Å². The van der Waals surface area contributed by atoms with E-state index in [1.807, 2.05) is 0 Å². The maximum atomic E-state index is 12.9. The van der Waals surface area contributed by atoms with Crippen LogP contribution in [0.25, 0.3) is 0 Å². The first-order valence-electron chi connectivity index (χ1n) is 8.30. The first-order valence-corrected chi connectivity index (χ1v) is 8.30. The van der Waals surface area contributed by atoms with E-state index >= 15 is 0 Å². The highest BCUT2D eigenvalue weighted by atomic mass is 19.1. The molecule has 0 saturated heterocycles. The Hall–Kier alpha value is -2.89. The fourth-order valence-electron chi connectivity index (χ4n) is 2.36. The Morgan fingerprint density at radius 1 is 0.846 bits per heavy atom. The van der Waals surface area contributed by atoms with Crippen molar-refractivity contribution in [3.05, 3.63) is 59.9 Å². The number of ether oxygens (including phenoxy) is 3. The Morgan fingerprint density at radius 2 is 1.27 bits per heavy atom. The van der Waals surface area contributed by atoms with Gasteiger partial charge in [-0.3, -0.25) is 9.59 Å². The molecule has 0 atom stereocenters. The van der Waals surface area contributed by atoms with Gasteiger partial charge in [-0.05, 0) is 62.7 Å². The predicted molar refractivity (Wildman–Crippen MR) is 93.5 cm³/mol. The van der Waals surface area contributed by atoms with Gasteiger partial charge in [0.05, 0.1) is 13.2 Å². The molecule has 5 nitrogen and oxygen atoms in total. The number of rotatable bonds is 7. The summed E-state index contributed by atoms with van der Waals surface area (Å²) in [4.78, 5) is 24.8. The van der Waals surface area contributed by atoms with Crippen LogP contribution in [0, 0.1) is 5.82 Å². The lowest BCUT2D eigenvalue weighted by Gasteiger charge is -2.25. The SMILES string of the molecule is CCOC(=O)C(C)(C(=O)OCC)c1ccc(Oc2ccc(F)cc2)cc1. The van der Waals surface area contributed by atoms with Gasteiger partial charge in [0, 0.05) is 0 Å². The standard InChI is InChI=1S/C20H21FO5/c1-4-24-18(22)20(3,19(23)25-5-2)14-6-10-16(11-7-14)26-17-12-8-15(21)9-13-17/h6-13H,4-5H2,1-3H3. The Balaban J connectivity index is 2.27. The maximum absolute atomic E-state index is 12.9. The molecule has 2 aromatic carbocycles. The largest absolute Gasteiger partial charge is 0.465 e. The molecule has 0 amide bonds. The number of halogens is 1. The van der Waals surface area contributed by atoms with Crippen molar-refractivity contribution in [3.8, 4) is 11.5 Å². The molecule has 138 valence electrons. The van der Waals surface area contributed by atoms with Gasteiger partial charge in [0.2, 0.25) is 0 Å². The summed E-state index contributed by atoms with van der Waals surface area (Å²) < 4.78 is 28.7. The van der Waals surface area contributed by atoms with Gasteiger partial charge in [-0.25, -0.2) is 4.39 Å². The monoisotopic (exact) mass is 360 g/mol. The van der Waals surface area contributed by atoms with Crippen LogP contribution in [-0.2, 0) is 24.5 Å². The van der Waals surface area contributed by atoms with Crippen molar-refractivity contribution in [3.63, 3.8) is 0 Å². The highest BCUT2D eigenvalue weighted by Gasteiger charge is 2.46. The quantitative estimate of drug-likeness (QED) is 0.552. The van der Waals surface area contributed by atoms with E-state index in [-0.39, 0.29) is 19.0 Å². The Morgan fingerprint density at radius 3 is 1.69 bits per heavy atom. The molecule has 6 heteroatoms. The molecule has 2 aromatic rings. The fourth-order valence-corrected chi connectivity index (χ4v) is 2.36. The highest BCUT2D eigenvalue weighted by Crippen LogP contribution is 2.30. The average molecular weight is 360 g/mol. The third-order valence-electron chi connectivity index (χ3n) is 3.85. The van der Waals surface area contributed by atoms with E-state index < -0.39 is 17.4 Å². The molecule has 0 unspecified atom stereocenters. The maximum Gasteiger partial charge on any atom is 0.327 e. The molecule has 0 radical (unpaired) electrons. The molecule has 0 aliphatic heterocycles. The average Bonchev–Trinajstić information content (AvgIpc) is 2.64. The molecule has 0 N–H and O–H groups in total. The predicted octanol–water partition coefficient (Wildman–Crippen LogP) is 4.00. The van der Waals surface area contributed by atoms with E-state index in [1.54, 1.807) is 38.1 Å². The van der Waals surface area contributed by atoms with Gasteiger partial charge in [-0.15, -0.1) is 0 Å². The molecule has 26 heavy (non-hydrogen) atoms. The first kappa shape index (κ1) is 19.4. The van der Waals surface area contributed by atoms with E-state index in [2.05, 4.69) is 0 Å². The fraction of sp³-hybridized carbons (Fsp3) is 0.300. The van der Waals surface area contributed by atoms with Gasteiger partial charge in [0.15, 0.2) is 5.41 Å². The molecule has 0 heterocycles. The number of hydrogen-bond donors (Lipinski definition) is 0. The van der Waals surface area contributed by atoms with E-state index in [9.17, 15) is 14.0 Å². The minimum absolute atomic E-state index is 0.152. The Bertz CT molecular complexity index is 735. The van der Waals surface area contributed by atoms with E-state index in [4.69, 9.17) is 14.2 Å². The summed E-state index contributed by atoms with van der Waals surface area (Å²) in [5, 5.41) is 0. The second kappa shape index (κ2) is 8.47. The number of carbonyl (C=O) groups excluding carboxylic acids is 2. The zero-order chi connectivity index (χ0) is 19.2. The highest BCUT2D eigenvalue weighted by molar-refractivity contribution is 6.05. The Kier molecular flexibility index (Phi) is 6.33. The van der Waals surface area contributed by atoms with Crippen molar-refractivity contribution in [2.75, 3.05) is 13.2 Å². The van der Waals surface area contributed by atoms with Crippen LogP contribution in [0.2, 0.25) is 0 Å². The molecule has 0 fully saturated rings. The molecule has 2 rings (SSSR count). The lowest BCUT2D eigenvalue weighted by Crippen LogP contribution is -2.43. The first-order chi connectivity index (χ1) is 12.4. The number of benzene rings is 2. The summed E-state index contributed by atoms with van der Waals surface area (Å²) >= 11 is 0. The van der Waals surface area contributed by atoms with Crippen LogP contribution in [0.3, 0.4) is 0 Å². The molecule has 0 aliphatic rings. The van der Waals surface area contributed by atoms with Crippen molar-refractivity contribution in [1.82, 2.24) is 0 Å². The zero-order valence-corrected chi connectivity index (χ0v) is 15.0. The molecule has 0 spiro atoms. The smallest absolute Gasteiger partial charge is 0.327 e. The summed E-state index contributed by atoms with van der Waals surface area (Å²) in [6, 6.07) is 12.0. The minimum atomic E-state index is -1.57. The zero-order valence-electron chi connectivity index (χ0n) is 15.0. The normalized spacial score (nSPS) is 10.9. The minimum Gasteiger partial charge on any atom is -0.465 e. The van der Waals surface area contributed by atoms with Crippen LogP contribution in [0.15, 0.2) is 48.5 Å². The van der Waals surface area contributed by atoms with Crippen molar-refractivity contribution >= 4 is 11.9 Å². The molecule has 0 saturated carbocycles. The third-order valence-corrected chi connectivity index (χ3v) is 3.85. The lowest BCUT2D eigenvalue weighted by molar-refractivity contribution is -0.163. The van der Waals surface area contributed by atoms with Gasteiger partial charge in [-0.1, -0.05) is 12.1 Å². The summed E-state index contributed by atoms with van der Waals surface area (Å²) in [5.74, 6) is -0.753. The van der Waals surface area contributed by atoms with Crippen molar-refractivity contribution < 1.29 is 28.2 Å². The third kappa shape index (κ3) is 4.20. The summed E-state index contributed by atoms with van der Waals surface area (Å²) in [6.07, 6.45) is 0. The molecular formula is C20H21FO5. The van der Waals surface area contributed by atoms with Crippen molar-refractivity contribution in [2.24, 2.45) is 0 Å². The number of hydrogen-bond acceptors (Lipinski definition) is 5. The van der Waals surface area contributed by atoms with Crippen molar-refractivity contribution in [1.29, 1.82) is 0 Å². The van der Waals surface area contributed by atoms with Crippen LogP contribution in [0.1, 0.15) is 26.3 Å². The van der Waals surface area contributed by atoms with Crippen LogP contribution in [0.4, 0.5) is 4.39 Å². The van der Waals surface area contributed by atoms with Crippen molar-refractivity contribution in [2.45, 2.75) is 26.2 Å². The Labute approximate surface area is 151 Å².